The standard InChI is InChI=1S/C12H14Br3NO/c1-8(3-2-6-13)16-12(17)10-7-9(14)4-5-11(10)15/h4-5,7-8H,2-3,6H2,1H3,(H,16,17). The molecule has 1 unspecified atom stereocenters. The highest BCUT2D eigenvalue weighted by molar-refractivity contribution is 9.11. The minimum atomic E-state index is -0.0414. The van der Waals surface area contributed by atoms with Crippen molar-refractivity contribution in [2.75, 3.05) is 5.33 Å². The third-order valence-corrected chi connectivity index (χ3v) is 4.07. The van der Waals surface area contributed by atoms with Crippen molar-refractivity contribution >= 4 is 53.7 Å². The molecule has 17 heavy (non-hydrogen) atoms. The Bertz CT molecular complexity index is 395. The maximum Gasteiger partial charge on any atom is 0.252 e. The van der Waals surface area contributed by atoms with Gasteiger partial charge in [0.05, 0.1) is 5.56 Å². The fourth-order valence-corrected chi connectivity index (χ4v) is 2.54. The van der Waals surface area contributed by atoms with Crippen molar-refractivity contribution in [3.63, 3.8) is 0 Å². The fraction of sp³-hybridized carbons (Fsp3) is 0.417. The molecule has 1 N–H and O–H groups in total. The molecule has 1 aromatic carbocycles. The van der Waals surface area contributed by atoms with E-state index < -0.39 is 0 Å². The lowest BCUT2D eigenvalue weighted by Gasteiger charge is -2.14. The average molecular weight is 428 g/mol. The molecule has 0 bridgehead atoms. The highest BCUT2D eigenvalue weighted by Gasteiger charge is 2.12. The number of carbonyl (C=O) groups excluding carboxylic acids is 1. The lowest BCUT2D eigenvalue weighted by atomic mass is 10.1. The lowest BCUT2D eigenvalue weighted by molar-refractivity contribution is 0.0937. The summed E-state index contributed by atoms with van der Waals surface area (Å²) in [6, 6.07) is 5.76. The minimum absolute atomic E-state index is 0.0414. The van der Waals surface area contributed by atoms with Crippen molar-refractivity contribution in [2.45, 2.75) is 25.8 Å². The van der Waals surface area contributed by atoms with Crippen LogP contribution in [0.2, 0.25) is 0 Å². The van der Waals surface area contributed by atoms with E-state index in [-0.39, 0.29) is 11.9 Å². The summed E-state index contributed by atoms with van der Waals surface area (Å²) in [5, 5.41) is 3.95. The van der Waals surface area contributed by atoms with Crippen LogP contribution in [0.5, 0.6) is 0 Å². The van der Waals surface area contributed by atoms with Crippen LogP contribution in [0.4, 0.5) is 0 Å². The SMILES string of the molecule is CC(CCCBr)NC(=O)c1cc(Br)ccc1Br. The summed E-state index contributed by atoms with van der Waals surface area (Å²) in [5.74, 6) is -0.0414. The number of benzene rings is 1. The van der Waals surface area contributed by atoms with Gasteiger partial charge in [0.1, 0.15) is 0 Å². The van der Waals surface area contributed by atoms with Crippen LogP contribution in [0, 0.1) is 0 Å². The largest absolute Gasteiger partial charge is 0.350 e. The first-order valence-electron chi connectivity index (χ1n) is 5.36. The van der Waals surface area contributed by atoms with E-state index in [1.807, 2.05) is 25.1 Å². The Balaban J connectivity index is 2.66. The number of halogens is 3. The number of hydrogen-bond donors (Lipinski definition) is 1. The first kappa shape index (κ1) is 15.2. The molecule has 0 aromatic heterocycles. The van der Waals surface area contributed by atoms with Crippen molar-refractivity contribution in [3.8, 4) is 0 Å². The number of carbonyl (C=O) groups is 1. The van der Waals surface area contributed by atoms with Gasteiger partial charge in [-0.15, -0.1) is 0 Å². The van der Waals surface area contributed by atoms with E-state index in [0.717, 1.165) is 27.1 Å². The second-order valence-electron chi connectivity index (χ2n) is 3.83. The summed E-state index contributed by atoms with van der Waals surface area (Å²) in [6.07, 6.45) is 2.03. The predicted octanol–water partition coefficient (Wildman–Crippen LogP) is 4.51. The second-order valence-corrected chi connectivity index (χ2v) is 6.39. The van der Waals surface area contributed by atoms with Crippen LogP contribution in [-0.2, 0) is 0 Å². The quantitative estimate of drug-likeness (QED) is 0.688. The minimum Gasteiger partial charge on any atom is -0.350 e. The monoisotopic (exact) mass is 425 g/mol. The lowest BCUT2D eigenvalue weighted by Crippen LogP contribution is -2.32. The van der Waals surface area contributed by atoms with Gasteiger partial charge in [-0.3, -0.25) is 4.79 Å². The summed E-state index contributed by atoms with van der Waals surface area (Å²) in [4.78, 5) is 12.0. The van der Waals surface area contributed by atoms with Gasteiger partial charge in [0.15, 0.2) is 0 Å². The van der Waals surface area contributed by atoms with Crippen LogP contribution >= 0.6 is 47.8 Å². The maximum atomic E-state index is 12.0. The molecule has 5 heteroatoms. The van der Waals surface area contributed by atoms with Crippen molar-refractivity contribution in [1.29, 1.82) is 0 Å². The molecule has 0 aliphatic heterocycles. The van der Waals surface area contributed by atoms with Gasteiger partial charge in [-0.1, -0.05) is 31.9 Å². The van der Waals surface area contributed by atoms with Crippen LogP contribution < -0.4 is 5.32 Å². The van der Waals surface area contributed by atoms with E-state index in [2.05, 4.69) is 53.1 Å². The van der Waals surface area contributed by atoms with Gasteiger partial charge in [0.2, 0.25) is 0 Å². The van der Waals surface area contributed by atoms with E-state index in [0.29, 0.717) is 5.56 Å². The van der Waals surface area contributed by atoms with E-state index in [4.69, 9.17) is 0 Å². The zero-order chi connectivity index (χ0) is 12.8. The van der Waals surface area contributed by atoms with Crippen molar-refractivity contribution in [2.24, 2.45) is 0 Å². The van der Waals surface area contributed by atoms with Gasteiger partial charge in [0.25, 0.3) is 5.91 Å². The Morgan fingerprint density at radius 1 is 1.41 bits per heavy atom. The first-order valence-corrected chi connectivity index (χ1v) is 8.07. The summed E-state index contributed by atoms with van der Waals surface area (Å²) < 4.78 is 1.71. The van der Waals surface area contributed by atoms with E-state index in [9.17, 15) is 4.79 Å². The van der Waals surface area contributed by atoms with Crippen LogP contribution in [0.15, 0.2) is 27.1 Å². The van der Waals surface area contributed by atoms with Crippen LogP contribution in [0.1, 0.15) is 30.1 Å². The fourth-order valence-electron chi connectivity index (χ4n) is 1.43. The molecule has 1 rings (SSSR count). The molecule has 0 radical (unpaired) electrons. The normalized spacial score (nSPS) is 12.2. The highest BCUT2D eigenvalue weighted by Crippen LogP contribution is 2.21. The first-order chi connectivity index (χ1) is 8.04. The van der Waals surface area contributed by atoms with Crippen LogP contribution in [-0.4, -0.2) is 17.3 Å². The number of rotatable bonds is 5. The maximum absolute atomic E-state index is 12.0. The number of nitrogens with one attached hydrogen (secondary N) is 1. The van der Waals surface area contributed by atoms with Gasteiger partial charge < -0.3 is 5.32 Å². The van der Waals surface area contributed by atoms with E-state index in [1.54, 1.807) is 0 Å². The summed E-state index contributed by atoms with van der Waals surface area (Å²) in [6.45, 7) is 2.02. The molecule has 1 aromatic rings. The van der Waals surface area contributed by atoms with Crippen molar-refractivity contribution in [3.05, 3.63) is 32.7 Å². The van der Waals surface area contributed by atoms with Gasteiger partial charge in [0, 0.05) is 20.3 Å². The molecular weight excluding hydrogens is 414 g/mol. The zero-order valence-corrected chi connectivity index (χ0v) is 14.2. The van der Waals surface area contributed by atoms with Gasteiger partial charge in [-0.25, -0.2) is 0 Å². The summed E-state index contributed by atoms with van der Waals surface area (Å²) in [7, 11) is 0. The molecule has 2 nitrogen and oxygen atoms in total. The second kappa shape index (κ2) is 7.54. The third kappa shape index (κ3) is 5.10. The zero-order valence-electron chi connectivity index (χ0n) is 9.47. The smallest absolute Gasteiger partial charge is 0.252 e. The van der Waals surface area contributed by atoms with Crippen molar-refractivity contribution < 1.29 is 4.79 Å². The summed E-state index contributed by atoms with van der Waals surface area (Å²) in [5.41, 5.74) is 0.657. The molecular formula is C12H14Br3NO. The number of alkyl halides is 1. The van der Waals surface area contributed by atoms with Crippen LogP contribution in [0.25, 0.3) is 0 Å². The molecule has 0 heterocycles. The number of amides is 1. The van der Waals surface area contributed by atoms with Gasteiger partial charge in [-0.05, 0) is 53.9 Å². The average Bonchev–Trinajstić information content (AvgIpc) is 2.29. The van der Waals surface area contributed by atoms with Crippen LogP contribution in [0.3, 0.4) is 0 Å². The molecule has 0 aliphatic carbocycles. The Morgan fingerprint density at radius 2 is 2.12 bits per heavy atom. The molecule has 0 aliphatic rings. The molecule has 0 fully saturated rings. The summed E-state index contributed by atoms with van der Waals surface area (Å²) >= 11 is 10.1. The Hall–Kier alpha value is 0.130. The predicted molar refractivity (Wildman–Crippen MR) is 81.8 cm³/mol. The molecule has 0 saturated heterocycles. The molecule has 0 spiro atoms. The Kier molecular flexibility index (Phi) is 6.74. The van der Waals surface area contributed by atoms with E-state index in [1.165, 1.54) is 0 Å². The highest BCUT2D eigenvalue weighted by atomic mass is 79.9. The molecule has 1 amide bonds. The topological polar surface area (TPSA) is 29.1 Å². The van der Waals surface area contributed by atoms with Crippen molar-refractivity contribution in [1.82, 2.24) is 5.32 Å². The Labute approximate surface area is 127 Å². The number of hydrogen-bond acceptors (Lipinski definition) is 1. The molecule has 1 atom stereocenters. The van der Waals surface area contributed by atoms with Gasteiger partial charge >= 0.3 is 0 Å². The van der Waals surface area contributed by atoms with E-state index >= 15 is 0 Å². The molecule has 0 saturated carbocycles. The molecule has 94 valence electrons. The Morgan fingerprint density at radius 3 is 2.76 bits per heavy atom. The third-order valence-electron chi connectivity index (χ3n) is 2.32. The van der Waals surface area contributed by atoms with Gasteiger partial charge in [-0.2, -0.15) is 0 Å².